The summed E-state index contributed by atoms with van der Waals surface area (Å²) in [7, 11) is 2.10. The van der Waals surface area contributed by atoms with Crippen LogP contribution in [0.2, 0.25) is 0 Å². The first kappa shape index (κ1) is 17.2. The predicted molar refractivity (Wildman–Crippen MR) is 90.3 cm³/mol. The van der Waals surface area contributed by atoms with Crippen LogP contribution in [0.3, 0.4) is 0 Å². The van der Waals surface area contributed by atoms with Crippen LogP contribution < -0.4 is 10.6 Å². The molecule has 2 saturated heterocycles. The topological polar surface area (TPSA) is 53.6 Å². The highest BCUT2D eigenvalue weighted by atomic mass is 19.1. The number of carbonyl (C=O) groups excluding carboxylic acids is 1. The third-order valence-electron chi connectivity index (χ3n) is 4.91. The molecule has 0 radical (unpaired) electrons. The van der Waals surface area contributed by atoms with E-state index in [1.54, 1.807) is 12.1 Å². The lowest BCUT2D eigenvalue weighted by molar-refractivity contribution is 0.0803. The SMILES string of the molecule is CN1CCC(NC(=O)N[C@H](c2ccc(F)cc2)[C@@H]2CCCO2)CC1. The molecule has 2 amide bonds. The Morgan fingerprint density at radius 1 is 1.25 bits per heavy atom. The van der Waals surface area contributed by atoms with E-state index in [2.05, 4.69) is 22.6 Å². The summed E-state index contributed by atoms with van der Waals surface area (Å²) in [6.45, 7) is 2.71. The number of halogens is 1. The number of urea groups is 1. The second-order valence-corrected chi connectivity index (χ2v) is 6.78. The standard InChI is InChI=1S/C18H26FN3O2/c1-22-10-8-15(9-11-22)20-18(23)21-17(16-3-2-12-24-16)13-4-6-14(19)7-5-13/h4-7,15-17H,2-3,8-12H2,1H3,(H2,20,21,23)/t16-,17+/m0/s1. The number of amides is 2. The molecule has 2 aliphatic heterocycles. The number of hydrogen-bond acceptors (Lipinski definition) is 3. The van der Waals surface area contributed by atoms with Gasteiger partial charge in [0.05, 0.1) is 12.1 Å². The maximum Gasteiger partial charge on any atom is 0.315 e. The van der Waals surface area contributed by atoms with Gasteiger partial charge >= 0.3 is 6.03 Å². The van der Waals surface area contributed by atoms with Crippen LogP contribution >= 0.6 is 0 Å². The lowest BCUT2D eigenvalue weighted by Gasteiger charge is -2.31. The molecule has 1 aromatic rings. The summed E-state index contributed by atoms with van der Waals surface area (Å²) in [5, 5.41) is 6.11. The molecule has 2 N–H and O–H groups in total. The van der Waals surface area contributed by atoms with Gasteiger partial charge in [0.2, 0.25) is 0 Å². The third-order valence-corrected chi connectivity index (χ3v) is 4.91. The van der Waals surface area contributed by atoms with Gasteiger partial charge in [0, 0.05) is 12.6 Å². The maximum atomic E-state index is 13.2. The van der Waals surface area contributed by atoms with E-state index in [9.17, 15) is 9.18 Å². The van der Waals surface area contributed by atoms with Gasteiger partial charge in [0.15, 0.2) is 0 Å². The number of hydrogen-bond donors (Lipinski definition) is 2. The van der Waals surface area contributed by atoms with Gasteiger partial charge in [-0.1, -0.05) is 12.1 Å². The first-order valence-corrected chi connectivity index (χ1v) is 8.74. The number of carbonyl (C=O) groups is 1. The average molecular weight is 335 g/mol. The molecule has 6 heteroatoms. The van der Waals surface area contributed by atoms with Gasteiger partial charge in [-0.2, -0.15) is 0 Å². The van der Waals surface area contributed by atoms with E-state index in [0.717, 1.165) is 44.3 Å². The highest BCUT2D eigenvalue weighted by Gasteiger charge is 2.29. The fourth-order valence-corrected chi connectivity index (χ4v) is 3.45. The number of piperidine rings is 1. The van der Waals surface area contributed by atoms with Gasteiger partial charge in [0.1, 0.15) is 5.82 Å². The van der Waals surface area contributed by atoms with Crippen LogP contribution in [0.1, 0.15) is 37.3 Å². The van der Waals surface area contributed by atoms with Crippen LogP contribution in [-0.2, 0) is 4.74 Å². The molecule has 2 fully saturated rings. The number of likely N-dealkylation sites (tertiary alicyclic amines) is 1. The summed E-state index contributed by atoms with van der Waals surface area (Å²) in [4.78, 5) is 14.7. The molecule has 2 atom stereocenters. The van der Waals surface area contributed by atoms with Gasteiger partial charge < -0.3 is 20.3 Å². The van der Waals surface area contributed by atoms with Crippen molar-refractivity contribution in [2.24, 2.45) is 0 Å². The van der Waals surface area contributed by atoms with Crippen molar-refractivity contribution in [2.75, 3.05) is 26.7 Å². The molecule has 0 aliphatic carbocycles. The molecular weight excluding hydrogens is 309 g/mol. The fraction of sp³-hybridized carbons (Fsp3) is 0.611. The highest BCUT2D eigenvalue weighted by Crippen LogP contribution is 2.27. The number of rotatable bonds is 4. The van der Waals surface area contributed by atoms with Crippen molar-refractivity contribution in [3.05, 3.63) is 35.6 Å². The molecule has 0 saturated carbocycles. The van der Waals surface area contributed by atoms with Crippen LogP contribution in [0.5, 0.6) is 0 Å². The lowest BCUT2D eigenvalue weighted by Crippen LogP contribution is -2.49. The largest absolute Gasteiger partial charge is 0.376 e. The monoisotopic (exact) mass is 335 g/mol. The molecule has 24 heavy (non-hydrogen) atoms. The Labute approximate surface area is 142 Å². The third kappa shape index (κ3) is 4.45. The van der Waals surface area contributed by atoms with E-state index in [-0.39, 0.29) is 30.0 Å². The Morgan fingerprint density at radius 2 is 1.96 bits per heavy atom. The Hall–Kier alpha value is -1.66. The Bertz CT molecular complexity index is 538. The number of nitrogens with one attached hydrogen (secondary N) is 2. The van der Waals surface area contributed by atoms with Gasteiger partial charge in [0.25, 0.3) is 0 Å². The summed E-state index contributed by atoms with van der Waals surface area (Å²) in [5.41, 5.74) is 0.877. The van der Waals surface area contributed by atoms with Gasteiger partial charge in [-0.3, -0.25) is 0 Å². The molecule has 2 aliphatic rings. The second-order valence-electron chi connectivity index (χ2n) is 6.78. The minimum Gasteiger partial charge on any atom is -0.376 e. The zero-order valence-corrected chi connectivity index (χ0v) is 14.1. The van der Waals surface area contributed by atoms with E-state index >= 15 is 0 Å². The molecular formula is C18H26FN3O2. The highest BCUT2D eigenvalue weighted by molar-refractivity contribution is 5.75. The van der Waals surface area contributed by atoms with Crippen LogP contribution in [0.15, 0.2) is 24.3 Å². The first-order valence-electron chi connectivity index (χ1n) is 8.74. The normalized spacial score (nSPS) is 23.8. The molecule has 0 aromatic heterocycles. The summed E-state index contributed by atoms with van der Waals surface area (Å²) in [6, 6.07) is 6.07. The molecule has 5 nitrogen and oxygen atoms in total. The van der Waals surface area contributed by atoms with Crippen molar-refractivity contribution in [2.45, 2.75) is 43.9 Å². The number of benzene rings is 1. The summed E-state index contributed by atoms with van der Waals surface area (Å²) >= 11 is 0. The summed E-state index contributed by atoms with van der Waals surface area (Å²) < 4.78 is 19.0. The summed E-state index contributed by atoms with van der Waals surface area (Å²) in [6.07, 6.45) is 3.76. The van der Waals surface area contributed by atoms with Crippen LogP contribution in [0.25, 0.3) is 0 Å². The smallest absolute Gasteiger partial charge is 0.315 e. The van der Waals surface area contributed by atoms with Crippen molar-refractivity contribution in [3.63, 3.8) is 0 Å². The quantitative estimate of drug-likeness (QED) is 0.889. The first-order chi connectivity index (χ1) is 11.6. The summed E-state index contributed by atoms with van der Waals surface area (Å²) in [5.74, 6) is -0.277. The van der Waals surface area contributed by atoms with E-state index in [1.165, 1.54) is 12.1 Å². The Balaban J connectivity index is 1.62. The van der Waals surface area contributed by atoms with Gasteiger partial charge in [-0.15, -0.1) is 0 Å². The minimum absolute atomic E-state index is 0.0568. The van der Waals surface area contributed by atoms with E-state index in [0.29, 0.717) is 6.61 Å². The van der Waals surface area contributed by atoms with Crippen molar-refractivity contribution in [1.82, 2.24) is 15.5 Å². The van der Waals surface area contributed by atoms with Crippen LogP contribution in [-0.4, -0.2) is 49.8 Å². The van der Waals surface area contributed by atoms with Crippen molar-refractivity contribution < 1.29 is 13.9 Å². The van der Waals surface area contributed by atoms with Crippen LogP contribution in [0, 0.1) is 5.82 Å². The predicted octanol–water partition coefficient (Wildman–Crippen LogP) is 2.44. The molecule has 0 spiro atoms. The number of nitrogens with zero attached hydrogens (tertiary/aromatic N) is 1. The van der Waals surface area contributed by atoms with Crippen molar-refractivity contribution in [1.29, 1.82) is 0 Å². The minimum atomic E-state index is -0.277. The zero-order chi connectivity index (χ0) is 16.9. The molecule has 0 unspecified atom stereocenters. The Kier molecular flexibility index (Phi) is 5.68. The maximum absolute atomic E-state index is 13.2. The second kappa shape index (κ2) is 7.94. The lowest BCUT2D eigenvalue weighted by atomic mass is 9.99. The molecule has 3 rings (SSSR count). The van der Waals surface area contributed by atoms with E-state index in [1.807, 2.05) is 0 Å². The van der Waals surface area contributed by atoms with Crippen molar-refractivity contribution >= 4 is 6.03 Å². The van der Waals surface area contributed by atoms with Crippen LogP contribution in [0.4, 0.5) is 9.18 Å². The molecule has 2 heterocycles. The Morgan fingerprint density at radius 3 is 2.58 bits per heavy atom. The molecule has 0 bridgehead atoms. The van der Waals surface area contributed by atoms with E-state index < -0.39 is 0 Å². The van der Waals surface area contributed by atoms with Gasteiger partial charge in [-0.05, 0) is 63.5 Å². The fourth-order valence-electron chi connectivity index (χ4n) is 3.45. The van der Waals surface area contributed by atoms with Crippen molar-refractivity contribution in [3.8, 4) is 0 Å². The zero-order valence-electron chi connectivity index (χ0n) is 14.1. The van der Waals surface area contributed by atoms with Gasteiger partial charge in [-0.25, -0.2) is 9.18 Å². The molecule has 1 aromatic carbocycles. The van der Waals surface area contributed by atoms with E-state index in [4.69, 9.17) is 4.74 Å². The number of ether oxygens (including phenoxy) is 1. The molecule has 132 valence electrons. The average Bonchev–Trinajstić information content (AvgIpc) is 3.10.